The van der Waals surface area contributed by atoms with Gasteiger partial charge < -0.3 is 5.11 Å². The van der Waals surface area contributed by atoms with Crippen molar-refractivity contribution in [1.82, 2.24) is 9.55 Å². The highest BCUT2D eigenvalue weighted by molar-refractivity contribution is 5.66. The summed E-state index contributed by atoms with van der Waals surface area (Å²) in [7, 11) is 0. The zero-order valence-corrected chi connectivity index (χ0v) is 8.93. The third kappa shape index (κ3) is 2.29. The Kier molecular flexibility index (Phi) is 3.03. The number of rotatable bonds is 3. The van der Waals surface area contributed by atoms with E-state index in [2.05, 4.69) is 4.98 Å². The summed E-state index contributed by atoms with van der Waals surface area (Å²) in [5.41, 5.74) is 0.531. The van der Waals surface area contributed by atoms with Gasteiger partial charge in [0.25, 0.3) is 5.56 Å². The van der Waals surface area contributed by atoms with Crippen molar-refractivity contribution in [3.63, 3.8) is 0 Å². The minimum atomic E-state index is -1.03. The van der Waals surface area contributed by atoms with E-state index >= 15 is 0 Å². The van der Waals surface area contributed by atoms with Crippen LogP contribution >= 0.6 is 0 Å². The molecular weight excluding hydrogens is 208 g/mol. The van der Waals surface area contributed by atoms with E-state index in [1.807, 2.05) is 0 Å². The van der Waals surface area contributed by atoms with Gasteiger partial charge in [0, 0.05) is 12.0 Å². The fourth-order valence-electron chi connectivity index (χ4n) is 2.15. The Morgan fingerprint density at radius 3 is 2.75 bits per heavy atom. The van der Waals surface area contributed by atoms with Crippen molar-refractivity contribution in [2.24, 2.45) is 0 Å². The molecule has 1 aromatic heterocycles. The fourth-order valence-corrected chi connectivity index (χ4v) is 2.15. The second-order valence-corrected chi connectivity index (χ2v) is 4.16. The Bertz CT molecular complexity index is 447. The monoisotopic (exact) mass is 222 g/mol. The first-order chi connectivity index (χ1) is 7.66. The molecule has 0 amide bonds. The lowest BCUT2D eigenvalue weighted by atomic mass is 10.0. The van der Waals surface area contributed by atoms with Crippen LogP contribution in [0.1, 0.15) is 37.3 Å². The van der Waals surface area contributed by atoms with Gasteiger partial charge in [0.05, 0.1) is 12.0 Å². The number of aromatic nitrogens is 2. The number of nitrogens with zero attached hydrogens (tertiary/aromatic N) is 2. The summed E-state index contributed by atoms with van der Waals surface area (Å²) in [6.45, 7) is -0.323. The van der Waals surface area contributed by atoms with E-state index in [0.29, 0.717) is 5.92 Å². The maximum atomic E-state index is 11.6. The maximum absolute atomic E-state index is 11.6. The second-order valence-electron chi connectivity index (χ2n) is 4.16. The number of hydrogen-bond donors (Lipinski definition) is 1. The minimum Gasteiger partial charge on any atom is -0.480 e. The topological polar surface area (TPSA) is 72.2 Å². The van der Waals surface area contributed by atoms with Crippen molar-refractivity contribution in [1.29, 1.82) is 0 Å². The van der Waals surface area contributed by atoms with Crippen LogP contribution in [0.15, 0.2) is 17.2 Å². The Labute approximate surface area is 92.7 Å². The van der Waals surface area contributed by atoms with Crippen LogP contribution in [-0.2, 0) is 11.3 Å². The molecule has 16 heavy (non-hydrogen) atoms. The summed E-state index contributed by atoms with van der Waals surface area (Å²) in [4.78, 5) is 26.2. The van der Waals surface area contributed by atoms with Crippen molar-refractivity contribution in [3.05, 3.63) is 28.4 Å². The van der Waals surface area contributed by atoms with Gasteiger partial charge in [-0.05, 0) is 12.8 Å². The molecule has 1 fully saturated rings. The van der Waals surface area contributed by atoms with Gasteiger partial charge >= 0.3 is 5.97 Å². The first-order valence-electron chi connectivity index (χ1n) is 5.45. The lowest BCUT2D eigenvalue weighted by Gasteiger charge is -2.08. The van der Waals surface area contributed by atoms with Crippen molar-refractivity contribution >= 4 is 5.97 Å². The third-order valence-electron chi connectivity index (χ3n) is 2.98. The van der Waals surface area contributed by atoms with Crippen LogP contribution in [0, 0.1) is 0 Å². The van der Waals surface area contributed by atoms with Crippen LogP contribution in [0.4, 0.5) is 0 Å². The minimum absolute atomic E-state index is 0.278. The zero-order chi connectivity index (χ0) is 11.5. The molecule has 1 aliphatic rings. The quantitative estimate of drug-likeness (QED) is 0.827. The van der Waals surface area contributed by atoms with Gasteiger partial charge in [0.15, 0.2) is 0 Å². The highest BCUT2D eigenvalue weighted by Crippen LogP contribution is 2.32. The summed E-state index contributed by atoms with van der Waals surface area (Å²) in [6.07, 6.45) is 5.87. The predicted molar refractivity (Wildman–Crippen MR) is 57.3 cm³/mol. The molecule has 1 aromatic rings. The van der Waals surface area contributed by atoms with Crippen molar-refractivity contribution < 1.29 is 9.90 Å². The van der Waals surface area contributed by atoms with Crippen LogP contribution in [0.3, 0.4) is 0 Å². The first kappa shape index (κ1) is 10.9. The van der Waals surface area contributed by atoms with E-state index in [0.717, 1.165) is 23.1 Å². The zero-order valence-electron chi connectivity index (χ0n) is 8.93. The Morgan fingerprint density at radius 1 is 1.50 bits per heavy atom. The SMILES string of the molecule is O=C(O)Cn1cnc(C2CCCC2)cc1=O. The van der Waals surface area contributed by atoms with Crippen molar-refractivity contribution in [2.75, 3.05) is 0 Å². The van der Waals surface area contributed by atoms with Gasteiger partial charge in [0.1, 0.15) is 6.54 Å². The van der Waals surface area contributed by atoms with Crippen molar-refractivity contribution in [2.45, 2.75) is 38.1 Å². The molecule has 86 valence electrons. The molecule has 0 bridgehead atoms. The molecular formula is C11H14N2O3. The van der Waals surface area contributed by atoms with Gasteiger partial charge in [0.2, 0.25) is 0 Å². The van der Waals surface area contributed by atoms with E-state index in [-0.39, 0.29) is 12.1 Å². The van der Waals surface area contributed by atoms with E-state index in [1.165, 1.54) is 25.2 Å². The van der Waals surface area contributed by atoms with Crippen molar-refractivity contribution in [3.8, 4) is 0 Å². The lowest BCUT2D eigenvalue weighted by molar-refractivity contribution is -0.137. The summed E-state index contributed by atoms with van der Waals surface area (Å²) < 4.78 is 1.11. The van der Waals surface area contributed by atoms with E-state index in [4.69, 9.17) is 5.11 Å². The van der Waals surface area contributed by atoms with Gasteiger partial charge in [-0.2, -0.15) is 0 Å². The molecule has 0 atom stereocenters. The fraction of sp³-hybridized carbons (Fsp3) is 0.545. The maximum Gasteiger partial charge on any atom is 0.323 e. The largest absolute Gasteiger partial charge is 0.480 e. The van der Waals surface area contributed by atoms with Crippen LogP contribution in [0.5, 0.6) is 0 Å². The number of carboxylic acids is 1. The normalized spacial score (nSPS) is 16.5. The molecule has 1 saturated carbocycles. The van der Waals surface area contributed by atoms with Crippen LogP contribution in [-0.4, -0.2) is 20.6 Å². The molecule has 1 heterocycles. The molecule has 2 rings (SSSR count). The van der Waals surface area contributed by atoms with Crippen LogP contribution < -0.4 is 5.56 Å². The van der Waals surface area contributed by atoms with Gasteiger partial charge in [-0.3, -0.25) is 14.2 Å². The van der Waals surface area contributed by atoms with E-state index in [9.17, 15) is 9.59 Å². The molecule has 5 heteroatoms. The highest BCUT2D eigenvalue weighted by Gasteiger charge is 2.19. The van der Waals surface area contributed by atoms with Gasteiger partial charge in [-0.25, -0.2) is 4.98 Å². The number of hydrogen-bond acceptors (Lipinski definition) is 3. The number of aliphatic carboxylic acids is 1. The Hall–Kier alpha value is -1.65. The van der Waals surface area contributed by atoms with Gasteiger partial charge in [-0.1, -0.05) is 12.8 Å². The number of carboxylic acid groups (broad SMARTS) is 1. The summed E-state index contributed by atoms with van der Waals surface area (Å²) in [5.74, 6) is -0.648. The Balaban J connectivity index is 2.21. The average molecular weight is 222 g/mol. The lowest BCUT2D eigenvalue weighted by Crippen LogP contribution is -2.24. The third-order valence-corrected chi connectivity index (χ3v) is 2.98. The summed E-state index contributed by atoms with van der Waals surface area (Å²) >= 11 is 0. The molecule has 0 saturated heterocycles. The smallest absolute Gasteiger partial charge is 0.323 e. The van der Waals surface area contributed by atoms with E-state index < -0.39 is 5.97 Å². The molecule has 5 nitrogen and oxygen atoms in total. The summed E-state index contributed by atoms with van der Waals surface area (Å²) in [6, 6.07) is 1.47. The van der Waals surface area contributed by atoms with Crippen LogP contribution in [0.2, 0.25) is 0 Å². The molecule has 0 spiro atoms. The summed E-state index contributed by atoms with van der Waals surface area (Å²) in [5, 5.41) is 8.58. The van der Waals surface area contributed by atoms with Gasteiger partial charge in [-0.15, -0.1) is 0 Å². The molecule has 0 aliphatic heterocycles. The molecule has 0 aromatic carbocycles. The molecule has 1 aliphatic carbocycles. The second kappa shape index (κ2) is 4.47. The molecule has 0 radical (unpaired) electrons. The highest BCUT2D eigenvalue weighted by atomic mass is 16.4. The Morgan fingerprint density at radius 2 is 2.19 bits per heavy atom. The molecule has 1 N–H and O–H groups in total. The molecule has 0 unspecified atom stereocenters. The predicted octanol–water partition coefficient (Wildman–Crippen LogP) is 0.986. The van der Waals surface area contributed by atoms with Crippen LogP contribution in [0.25, 0.3) is 0 Å². The first-order valence-corrected chi connectivity index (χ1v) is 5.45. The van der Waals surface area contributed by atoms with E-state index in [1.54, 1.807) is 0 Å². The standard InChI is InChI=1S/C11H14N2O3/c14-10-5-9(8-3-1-2-4-8)12-7-13(10)6-11(15)16/h5,7-8H,1-4,6H2,(H,15,16). The number of carbonyl (C=O) groups is 1. The average Bonchev–Trinajstić information content (AvgIpc) is 2.73.